The minimum Gasteiger partial charge on any atom is -0.397 e. The molecular formula is C7H16O3Si. The summed E-state index contributed by atoms with van der Waals surface area (Å²) >= 11 is 0. The predicted octanol–water partition coefficient (Wildman–Crippen LogP) is 0.630. The van der Waals surface area contributed by atoms with E-state index in [4.69, 9.17) is 13.6 Å². The summed E-state index contributed by atoms with van der Waals surface area (Å²) < 4.78 is 15.4. The molecule has 0 aliphatic carbocycles. The average Bonchev–Trinajstić information content (AvgIpc) is 2.01. The molecule has 0 spiro atoms. The van der Waals surface area contributed by atoms with E-state index in [0.717, 1.165) is 0 Å². The summed E-state index contributed by atoms with van der Waals surface area (Å²) in [5.41, 5.74) is 1.74. The second-order valence-corrected chi connectivity index (χ2v) is 4.19. The highest BCUT2D eigenvalue weighted by Crippen LogP contribution is 1.96. The van der Waals surface area contributed by atoms with Crippen molar-refractivity contribution in [2.45, 2.75) is 13.0 Å². The number of methoxy groups -OCH3 is 1. The zero-order valence-corrected chi connectivity index (χ0v) is 8.53. The van der Waals surface area contributed by atoms with Crippen molar-refractivity contribution in [3.05, 3.63) is 12.3 Å². The lowest BCUT2D eigenvalue weighted by Crippen LogP contribution is -2.27. The summed E-state index contributed by atoms with van der Waals surface area (Å²) in [5, 5.41) is 0. The molecule has 0 aromatic carbocycles. The van der Waals surface area contributed by atoms with Gasteiger partial charge in [0.05, 0.1) is 12.7 Å². The van der Waals surface area contributed by atoms with Crippen LogP contribution in [0.2, 0.25) is 0 Å². The minimum atomic E-state index is -1.60. The Morgan fingerprint density at radius 3 is 2.55 bits per heavy atom. The summed E-state index contributed by atoms with van der Waals surface area (Å²) in [4.78, 5) is 0. The van der Waals surface area contributed by atoms with Gasteiger partial charge in [0, 0.05) is 14.2 Å². The van der Waals surface area contributed by atoms with Crippen molar-refractivity contribution in [3.8, 4) is 0 Å². The molecule has 0 saturated heterocycles. The van der Waals surface area contributed by atoms with Gasteiger partial charge in [-0.05, 0) is 6.92 Å². The Bertz CT molecular complexity index is 108. The first kappa shape index (κ1) is 10.8. The Kier molecular flexibility index (Phi) is 6.44. The van der Waals surface area contributed by atoms with E-state index in [1.807, 2.05) is 6.92 Å². The third-order valence-electron chi connectivity index (χ3n) is 1.19. The van der Waals surface area contributed by atoms with Crippen molar-refractivity contribution in [1.82, 2.24) is 0 Å². The van der Waals surface area contributed by atoms with Gasteiger partial charge in [-0.15, -0.1) is 6.58 Å². The molecule has 0 fully saturated rings. The topological polar surface area (TPSA) is 27.7 Å². The van der Waals surface area contributed by atoms with Gasteiger partial charge in [-0.3, -0.25) is 0 Å². The van der Waals surface area contributed by atoms with E-state index in [9.17, 15) is 0 Å². The lowest BCUT2D eigenvalue weighted by molar-refractivity contribution is 0.0762. The van der Waals surface area contributed by atoms with Gasteiger partial charge >= 0.3 is 9.28 Å². The maximum atomic E-state index is 5.46. The van der Waals surface area contributed by atoms with Gasteiger partial charge in [0.25, 0.3) is 0 Å². The van der Waals surface area contributed by atoms with Crippen molar-refractivity contribution in [3.63, 3.8) is 0 Å². The average molecular weight is 176 g/mol. The normalized spacial score (nSPS) is 15.9. The number of ether oxygens (including phenoxy) is 1. The quantitative estimate of drug-likeness (QED) is 0.556. The molecule has 0 rings (SSSR count). The molecule has 0 radical (unpaired) electrons. The van der Waals surface area contributed by atoms with Crippen LogP contribution in [0.25, 0.3) is 0 Å². The second kappa shape index (κ2) is 6.54. The van der Waals surface area contributed by atoms with Crippen LogP contribution in [-0.4, -0.2) is 36.2 Å². The molecular weight excluding hydrogens is 160 g/mol. The van der Waals surface area contributed by atoms with Gasteiger partial charge in [-0.25, -0.2) is 0 Å². The minimum absolute atomic E-state index is 0.0922. The van der Waals surface area contributed by atoms with Crippen molar-refractivity contribution in [2.24, 2.45) is 0 Å². The first-order valence-electron chi connectivity index (χ1n) is 3.54. The molecule has 0 saturated carbocycles. The van der Waals surface area contributed by atoms with Crippen LogP contribution in [0.4, 0.5) is 0 Å². The third kappa shape index (κ3) is 5.14. The fraction of sp³-hybridized carbons (Fsp3) is 0.714. The highest BCUT2D eigenvalue weighted by atomic mass is 28.3. The van der Waals surface area contributed by atoms with Gasteiger partial charge in [-0.1, -0.05) is 5.70 Å². The van der Waals surface area contributed by atoms with Gasteiger partial charge in [0.15, 0.2) is 0 Å². The smallest absolute Gasteiger partial charge is 0.347 e. The molecule has 2 unspecified atom stereocenters. The second-order valence-electron chi connectivity index (χ2n) is 2.24. The van der Waals surface area contributed by atoms with E-state index in [2.05, 4.69) is 6.58 Å². The number of hydrogen-bond acceptors (Lipinski definition) is 3. The molecule has 0 bridgehead atoms. The summed E-state index contributed by atoms with van der Waals surface area (Å²) in [6, 6.07) is 0. The molecule has 0 aliphatic rings. The van der Waals surface area contributed by atoms with Crippen LogP contribution in [0.15, 0.2) is 12.3 Å². The summed E-state index contributed by atoms with van der Waals surface area (Å²) in [6.07, 6.45) is 0.0922. The Labute approximate surface area is 69.8 Å². The van der Waals surface area contributed by atoms with Gasteiger partial charge < -0.3 is 13.6 Å². The molecule has 3 nitrogen and oxygen atoms in total. The molecule has 4 heteroatoms. The van der Waals surface area contributed by atoms with Crippen LogP contribution in [0, 0.1) is 0 Å². The van der Waals surface area contributed by atoms with Crippen LogP contribution >= 0.6 is 0 Å². The van der Waals surface area contributed by atoms with Crippen molar-refractivity contribution < 1.29 is 13.6 Å². The highest BCUT2D eigenvalue weighted by molar-refractivity contribution is 6.50. The van der Waals surface area contributed by atoms with Crippen molar-refractivity contribution in [2.75, 3.05) is 20.8 Å². The third-order valence-corrected chi connectivity index (χ3v) is 2.77. The first-order valence-corrected chi connectivity index (χ1v) is 5.15. The van der Waals surface area contributed by atoms with Gasteiger partial charge in [0.1, 0.15) is 0 Å². The predicted molar refractivity (Wildman–Crippen MR) is 46.8 cm³/mol. The largest absolute Gasteiger partial charge is 0.397 e. The molecule has 0 aromatic rings. The Balaban J connectivity index is 3.53. The number of rotatable bonds is 6. The first-order chi connectivity index (χ1) is 5.24. The zero-order chi connectivity index (χ0) is 8.69. The summed E-state index contributed by atoms with van der Waals surface area (Å²) in [5.74, 6) is 0. The van der Waals surface area contributed by atoms with E-state index in [0.29, 0.717) is 6.61 Å². The van der Waals surface area contributed by atoms with Crippen molar-refractivity contribution in [1.29, 1.82) is 0 Å². The van der Waals surface area contributed by atoms with Gasteiger partial charge in [-0.2, -0.15) is 0 Å². The van der Waals surface area contributed by atoms with Crippen LogP contribution in [0.5, 0.6) is 0 Å². The molecule has 0 aromatic heterocycles. The van der Waals surface area contributed by atoms with Crippen LogP contribution in [0.3, 0.4) is 0 Å². The molecule has 0 amide bonds. The van der Waals surface area contributed by atoms with E-state index >= 15 is 0 Å². The fourth-order valence-electron chi connectivity index (χ4n) is 0.710. The molecule has 2 atom stereocenters. The Hall–Kier alpha value is -0.163. The van der Waals surface area contributed by atoms with E-state index in [1.165, 1.54) is 0 Å². The van der Waals surface area contributed by atoms with E-state index in [1.54, 1.807) is 19.9 Å². The lowest BCUT2D eigenvalue weighted by atomic mass is 10.5. The fourth-order valence-corrected chi connectivity index (χ4v) is 1.66. The van der Waals surface area contributed by atoms with Crippen LogP contribution in [-0.2, 0) is 13.6 Å². The van der Waals surface area contributed by atoms with E-state index in [-0.39, 0.29) is 6.10 Å². The molecule has 11 heavy (non-hydrogen) atoms. The summed E-state index contributed by atoms with van der Waals surface area (Å²) in [6.45, 7) is 6.16. The Morgan fingerprint density at radius 1 is 1.55 bits per heavy atom. The standard InChI is InChI=1S/C7H16O3Si/c1-5-11(9-4)10-7(2)6-8-3/h5,7,11H,1,6H2,2-4H3. The molecule has 0 heterocycles. The maximum absolute atomic E-state index is 5.46. The SMILES string of the molecule is C=C[SiH](OC)OC(C)COC. The molecule has 0 aliphatic heterocycles. The molecule has 0 N–H and O–H groups in total. The lowest BCUT2D eigenvalue weighted by Gasteiger charge is -2.16. The number of hydrogen-bond donors (Lipinski definition) is 0. The van der Waals surface area contributed by atoms with Gasteiger partial charge in [0.2, 0.25) is 0 Å². The molecule has 66 valence electrons. The zero-order valence-electron chi connectivity index (χ0n) is 7.37. The maximum Gasteiger partial charge on any atom is 0.347 e. The van der Waals surface area contributed by atoms with Crippen molar-refractivity contribution >= 4 is 9.28 Å². The summed E-state index contributed by atoms with van der Waals surface area (Å²) in [7, 11) is 1.69. The highest BCUT2D eigenvalue weighted by Gasteiger charge is 2.10. The Morgan fingerprint density at radius 2 is 2.18 bits per heavy atom. The monoisotopic (exact) mass is 176 g/mol. The van der Waals surface area contributed by atoms with Crippen LogP contribution in [0.1, 0.15) is 6.92 Å². The van der Waals surface area contributed by atoms with E-state index < -0.39 is 9.28 Å². The van der Waals surface area contributed by atoms with Crippen LogP contribution < -0.4 is 0 Å².